The first-order valence-corrected chi connectivity index (χ1v) is 10.4. The van der Waals surface area contributed by atoms with Crippen LogP contribution in [-0.2, 0) is 6.54 Å². The number of rotatable bonds is 3. The number of nitrogens with zero attached hydrogens (tertiary/aromatic N) is 5. The van der Waals surface area contributed by atoms with E-state index in [4.69, 9.17) is 4.52 Å². The van der Waals surface area contributed by atoms with Gasteiger partial charge in [-0.05, 0) is 46.4 Å². The molecule has 8 nitrogen and oxygen atoms in total. The molecule has 1 spiro atoms. The van der Waals surface area contributed by atoms with Crippen molar-refractivity contribution < 1.29 is 9.32 Å². The molecule has 1 N–H and O–H groups in total. The number of benzene rings is 1. The lowest BCUT2D eigenvalue weighted by atomic mass is 9.85. The third-order valence-electron chi connectivity index (χ3n) is 6.28. The Labute approximate surface area is 171 Å². The number of hydrogen-bond donors (Lipinski definition) is 1. The third-order valence-corrected chi connectivity index (χ3v) is 6.28. The van der Waals surface area contributed by atoms with E-state index in [0.717, 1.165) is 51.1 Å². The van der Waals surface area contributed by atoms with Gasteiger partial charge in [-0.2, -0.15) is 4.98 Å². The summed E-state index contributed by atoms with van der Waals surface area (Å²) in [5.41, 5.74) is 1.08. The van der Waals surface area contributed by atoms with E-state index in [2.05, 4.69) is 39.4 Å². The van der Waals surface area contributed by atoms with Crippen LogP contribution in [0.15, 0.2) is 34.9 Å². The maximum Gasteiger partial charge on any atom is 0.317 e. The molecule has 29 heavy (non-hydrogen) atoms. The van der Waals surface area contributed by atoms with Gasteiger partial charge in [-0.1, -0.05) is 35.5 Å². The molecular formula is C21H30N6O2. The predicted molar refractivity (Wildman–Crippen MR) is 110 cm³/mol. The van der Waals surface area contributed by atoms with E-state index in [-0.39, 0.29) is 18.1 Å². The molecular weight excluding hydrogens is 368 g/mol. The van der Waals surface area contributed by atoms with Crippen molar-refractivity contribution in [1.82, 2.24) is 30.2 Å². The summed E-state index contributed by atoms with van der Waals surface area (Å²) in [6.45, 7) is 5.11. The number of urea groups is 1. The van der Waals surface area contributed by atoms with Crippen LogP contribution in [0.5, 0.6) is 0 Å². The van der Waals surface area contributed by atoms with E-state index in [1.54, 1.807) is 0 Å². The second-order valence-corrected chi connectivity index (χ2v) is 8.26. The smallest absolute Gasteiger partial charge is 0.317 e. The largest absolute Gasteiger partial charge is 0.337 e. The highest BCUT2D eigenvalue weighted by molar-refractivity contribution is 5.74. The van der Waals surface area contributed by atoms with E-state index in [9.17, 15) is 4.79 Å². The minimum Gasteiger partial charge on any atom is -0.337 e. The summed E-state index contributed by atoms with van der Waals surface area (Å²) < 4.78 is 5.28. The van der Waals surface area contributed by atoms with Gasteiger partial charge in [0.1, 0.15) is 0 Å². The lowest BCUT2D eigenvalue weighted by molar-refractivity contribution is 0.0422. The summed E-state index contributed by atoms with van der Waals surface area (Å²) in [7, 11) is 4.43. The van der Waals surface area contributed by atoms with Crippen molar-refractivity contribution in [2.45, 2.75) is 31.3 Å². The molecule has 0 aliphatic carbocycles. The molecule has 2 amide bonds. The van der Waals surface area contributed by atoms with Crippen LogP contribution in [0, 0.1) is 0 Å². The van der Waals surface area contributed by atoms with Gasteiger partial charge in [0, 0.05) is 30.7 Å². The zero-order valence-corrected chi connectivity index (χ0v) is 17.3. The van der Waals surface area contributed by atoms with Crippen molar-refractivity contribution in [3.05, 3.63) is 36.2 Å². The van der Waals surface area contributed by atoms with Crippen molar-refractivity contribution in [2.24, 2.45) is 0 Å². The van der Waals surface area contributed by atoms with Crippen LogP contribution in [0.4, 0.5) is 4.79 Å². The second kappa shape index (κ2) is 8.51. The van der Waals surface area contributed by atoms with Gasteiger partial charge >= 0.3 is 6.03 Å². The number of nitrogens with one attached hydrogen (secondary N) is 1. The number of aromatic nitrogens is 2. The third kappa shape index (κ3) is 4.43. The van der Waals surface area contributed by atoms with Crippen LogP contribution in [0.25, 0.3) is 11.4 Å². The molecule has 2 fully saturated rings. The maximum atomic E-state index is 12.6. The minimum absolute atomic E-state index is 0.0658. The fraction of sp³-hybridized carbons (Fsp3) is 0.571. The molecule has 2 saturated heterocycles. The lowest BCUT2D eigenvalue weighted by Crippen LogP contribution is -2.59. The number of carbonyl (C=O) groups excluding carboxylic acids is 1. The predicted octanol–water partition coefficient (Wildman–Crippen LogP) is 2.05. The van der Waals surface area contributed by atoms with Crippen molar-refractivity contribution >= 4 is 6.03 Å². The topological polar surface area (TPSA) is 77.7 Å². The Balaban J connectivity index is 1.30. The Morgan fingerprint density at radius 3 is 2.66 bits per heavy atom. The SMILES string of the molecule is CN1CCCN(C)C2(CCN(C(=O)NCc3nc(-c4ccccc4)no3)CC2)C1. The van der Waals surface area contributed by atoms with E-state index >= 15 is 0 Å². The highest BCUT2D eigenvalue weighted by Gasteiger charge is 2.40. The number of likely N-dealkylation sites (tertiary alicyclic amines) is 1. The first kappa shape index (κ1) is 19.8. The van der Waals surface area contributed by atoms with E-state index in [1.807, 2.05) is 35.2 Å². The van der Waals surface area contributed by atoms with Gasteiger partial charge in [0.2, 0.25) is 11.7 Å². The molecule has 1 aromatic heterocycles. The van der Waals surface area contributed by atoms with Crippen molar-refractivity contribution in [1.29, 1.82) is 0 Å². The molecule has 2 aliphatic heterocycles. The lowest BCUT2D eigenvalue weighted by Gasteiger charge is -2.47. The zero-order valence-electron chi connectivity index (χ0n) is 17.3. The summed E-state index contributed by atoms with van der Waals surface area (Å²) in [5.74, 6) is 0.950. The average Bonchev–Trinajstić information content (AvgIpc) is 3.17. The van der Waals surface area contributed by atoms with Gasteiger partial charge in [-0.15, -0.1) is 0 Å². The number of likely N-dealkylation sites (N-methyl/N-ethyl adjacent to an activating group) is 2. The van der Waals surface area contributed by atoms with Gasteiger partial charge in [0.05, 0.1) is 6.54 Å². The summed E-state index contributed by atoms with van der Waals surface area (Å²) >= 11 is 0. The van der Waals surface area contributed by atoms with E-state index in [0.29, 0.717) is 11.7 Å². The molecule has 1 aromatic carbocycles. The van der Waals surface area contributed by atoms with Gasteiger partial charge < -0.3 is 19.6 Å². The molecule has 0 unspecified atom stereocenters. The molecule has 0 bridgehead atoms. The Bertz CT molecular complexity index is 816. The minimum atomic E-state index is -0.0658. The van der Waals surface area contributed by atoms with Crippen LogP contribution in [0.3, 0.4) is 0 Å². The average molecular weight is 399 g/mol. The Morgan fingerprint density at radius 2 is 1.90 bits per heavy atom. The molecule has 0 atom stereocenters. The van der Waals surface area contributed by atoms with E-state index in [1.165, 1.54) is 6.42 Å². The number of amides is 2. The Hall–Kier alpha value is -2.45. The first-order valence-electron chi connectivity index (χ1n) is 10.4. The van der Waals surface area contributed by atoms with Gasteiger partial charge in [0.25, 0.3) is 0 Å². The van der Waals surface area contributed by atoms with Crippen LogP contribution >= 0.6 is 0 Å². The Morgan fingerprint density at radius 1 is 1.14 bits per heavy atom. The monoisotopic (exact) mass is 398 g/mol. The summed E-state index contributed by atoms with van der Waals surface area (Å²) in [4.78, 5) is 23.8. The summed E-state index contributed by atoms with van der Waals surface area (Å²) in [6.07, 6.45) is 3.20. The molecule has 0 radical (unpaired) electrons. The highest BCUT2D eigenvalue weighted by Crippen LogP contribution is 2.30. The van der Waals surface area contributed by atoms with Crippen LogP contribution in [0.1, 0.15) is 25.2 Å². The fourth-order valence-electron chi connectivity index (χ4n) is 4.48. The van der Waals surface area contributed by atoms with Gasteiger partial charge in [-0.3, -0.25) is 4.90 Å². The zero-order chi connectivity index (χ0) is 20.3. The summed E-state index contributed by atoms with van der Waals surface area (Å²) in [6, 6.07) is 9.60. The van der Waals surface area contributed by atoms with Crippen molar-refractivity contribution in [2.75, 3.05) is 46.8 Å². The Kier molecular flexibility index (Phi) is 5.82. The van der Waals surface area contributed by atoms with Crippen molar-refractivity contribution in [3.63, 3.8) is 0 Å². The quantitative estimate of drug-likeness (QED) is 0.853. The number of carbonyl (C=O) groups is 1. The number of piperidine rings is 1. The van der Waals surface area contributed by atoms with Gasteiger partial charge in [-0.25, -0.2) is 4.79 Å². The fourth-order valence-corrected chi connectivity index (χ4v) is 4.48. The normalized spacial score (nSPS) is 20.6. The number of hydrogen-bond acceptors (Lipinski definition) is 6. The summed E-state index contributed by atoms with van der Waals surface area (Å²) in [5, 5.41) is 6.92. The van der Waals surface area contributed by atoms with E-state index < -0.39 is 0 Å². The first-order chi connectivity index (χ1) is 14.1. The highest BCUT2D eigenvalue weighted by atomic mass is 16.5. The van der Waals surface area contributed by atoms with Crippen molar-refractivity contribution in [3.8, 4) is 11.4 Å². The molecule has 2 aromatic rings. The maximum absolute atomic E-state index is 12.6. The molecule has 3 heterocycles. The van der Waals surface area contributed by atoms with Crippen LogP contribution in [0.2, 0.25) is 0 Å². The van der Waals surface area contributed by atoms with Crippen LogP contribution in [-0.4, -0.2) is 83.2 Å². The molecule has 8 heteroatoms. The van der Waals surface area contributed by atoms with Crippen LogP contribution < -0.4 is 5.32 Å². The molecule has 4 rings (SSSR count). The molecule has 2 aliphatic rings. The standard InChI is InChI=1S/C21H30N6O2/c1-25-11-6-12-26(2)21(16-25)9-13-27(14-10-21)20(28)22-15-18-23-19(24-29-18)17-7-4-3-5-8-17/h3-5,7-8H,6,9-16H2,1-2H3,(H,22,28). The molecule has 0 saturated carbocycles. The molecule has 156 valence electrons. The van der Waals surface area contributed by atoms with Gasteiger partial charge in [0.15, 0.2) is 0 Å². The second-order valence-electron chi connectivity index (χ2n) is 8.26.